The summed E-state index contributed by atoms with van der Waals surface area (Å²) in [7, 11) is 1.57. The molecule has 1 aliphatic heterocycles. The normalized spacial score (nSPS) is 22.8. The van der Waals surface area contributed by atoms with Crippen LogP contribution in [0.25, 0.3) is 11.0 Å². The Morgan fingerprint density at radius 2 is 1.91 bits per heavy atom. The Labute approximate surface area is 336 Å². The number of carbonyl (C=O) groups is 2. The Kier molecular flexibility index (Phi) is 16.3. The number of aliphatic carboxylic acids is 1. The van der Waals surface area contributed by atoms with Crippen molar-refractivity contribution in [2.45, 2.75) is 103 Å². The van der Waals surface area contributed by atoms with Crippen LogP contribution in [0.1, 0.15) is 107 Å². The van der Waals surface area contributed by atoms with Crippen LogP contribution in [0.3, 0.4) is 0 Å². The molecule has 1 aromatic heterocycles. The molecule has 3 aromatic rings. The van der Waals surface area contributed by atoms with Crippen LogP contribution in [0.4, 0.5) is 4.39 Å². The zero-order valence-corrected chi connectivity index (χ0v) is 33.8. The molecule has 0 radical (unpaired) electrons. The highest BCUT2D eigenvalue weighted by Crippen LogP contribution is 2.50. The van der Waals surface area contributed by atoms with Crippen LogP contribution in [-0.4, -0.2) is 82.7 Å². The number of aromatic nitrogens is 1. The van der Waals surface area contributed by atoms with Gasteiger partial charge in [0.15, 0.2) is 22.9 Å². The average Bonchev–Trinajstić information content (AvgIpc) is 3.88. The second kappa shape index (κ2) is 21.3. The molecular weight excluding hydrogens is 728 g/mol. The number of fused-ring (bicyclic) bond motifs is 2. The number of carbonyl (C=O) groups excluding carboxylic acids is 1. The first-order chi connectivity index (χ1) is 27.5. The average molecular weight is 787 g/mol. The second-order valence-corrected chi connectivity index (χ2v) is 15.8. The number of halogens is 1. The number of rotatable bonds is 16. The number of aliphatic hydroxyl groups is 2. The topological polar surface area (TPSA) is 143 Å². The number of carboxylic acid groups (broad SMARTS) is 1. The van der Waals surface area contributed by atoms with Gasteiger partial charge in [0.2, 0.25) is 0 Å². The van der Waals surface area contributed by atoms with Crippen molar-refractivity contribution in [1.82, 2.24) is 10.1 Å². The molecule has 1 saturated heterocycles. The Morgan fingerprint density at radius 3 is 2.63 bits per heavy atom. The fourth-order valence-electron chi connectivity index (χ4n) is 8.45. The van der Waals surface area contributed by atoms with E-state index in [1.54, 1.807) is 38.3 Å². The van der Waals surface area contributed by atoms with E-state index in [-0.39, 0.29) is 36.0 Å². The smallest absolute Gasteiger partial charge is 0.303 e. The van der Waals surface area contributed by atoms with Crippen molar-refractivity contribution >= 4 is 22.7 Å². The number of hydrogen-bond donors (Lipinski definition) is 3. The summed E-state index contributed by atoms with van der Waals surface area (Å²) >= 11 is 0. The van der Waals surface area contributed by atoms with Crippen molar-refractivity contribution in [3.8, 4) is 23.3 Å². The van der Waals surface area contributed by atoms with E-state index in [0.717, 1.165) is 75.7 Å². The van der Waals surface area contributed by atoms with Gasteiger partial charge in [0.1, 0.15) is 5.82 Å². The molecule has 10 nitrogen and oxygen atoms in total. The molecule has 2 aliphatic carbocycles. The molecule has 2 heterocycles. The van der Waals surface area contributed by atoms with Crippen LogP contribution < -0.4 is 9.47 Å². The highest BCUT2D eigenvalue weighted by Gasteiger charge is 2.45. The maximum atomic E-state index is 13.4. The van der Waals surface area contributed by atoms with Crippen molar-refractivity contribution < 1.29 is 43.3 Å². The van der Waals surface area contributed by atoms with E-state index in [2.05, 4.69) is 28.0 Å². The van der Waals surface area contributed by atoms with Crippen LogP contribution in [0.15, 0.2) is 64.7 Å². The zero-order chi connectivity index (χ0) is 40.9. The third kappa shape index (κ3) is 12.2. The number of aliphatic hydroxyl groups excluding tert-OH is 2. The number of methoxy groups -OCH3 is 1. The SMILES string of the molecule is CC#CCC(C)[C@H](O)/C=C/C1[C@H](O)C[C@@H]2C/C(=C\CCCC(=O)O)C[C@H]12.COc1cc(C(C)=O)ccc1OCCCN1CCC(c2noc3cc(F)ccc23)CC1. The van der Waals surface area contributed by atoms with Gasteiger partial charge in [0.05, 0.1) is 31.6 Å². The van der Waals surface area contributed by atoms with Gasteiger partial charge in [-0.2, -0.15) is 0 Å². The molecule has 0 bridgehead atoms. The van der Waals surface area contributed by atoms with Gasteiger partial charge in [-0.1, -0.05) is 35.9 Å². The molecule has 11 heteroatoms. The van der Waals surface area contributed by atoms with Gasteiger partial charge in [-0.25, -0.2) is 4.39 Å². The third-order valence-corrected chi connectivity index (χ3v) is 11.7. The van der Waals surface area contributed by atoms with Crippen molar-refractivity contribution in [3.05, 3.63) is 77.3 Å². The first kappa shape index (κ1) is 43.6. The van der Waals surface area contributed by atoms with Gasteiger partial charge in [0, 0.05) is 48.2 Å². The summed E-state index contributed by atoms with van der Waals surface area (Å²) in [5.41, 5.74) is 3.47. The number of likely N-dealkylation sites (tertiary alicyclic amines) is 1. The highest BCUT2D eigenvalue weighted by atomic mass is 19.1. The summed E-state index contributed by atoms with van der Waals surface area (Å²) in [6.45, 7) is 8.81. The van der Waals surface area contributed by atoms with E-state index in [1.807, 2.05) is 19.1 Å². The summed E-state index contributed by atoms with van der Waals surface area (Å²) in [4.78, 5) is 24.5. The largest absolute Gasteiger partial charge is 0.493 e. The van der Waals surface area contributed by atoms with Crippen LogP contribution in [0.5, 0.6) is 11.5 Å². The highest BCUT2D eigenvalue weighted by molar-refractivity contribution is 5.94. The minimum atomic E-state index is -0.738. The predicted octanol–water partition coefficient (Wildman–Crippen LogP) is 8.37. The van der Waals surface area contributed by atoms with E-state index in [4.69, 9.17) is 19.1 Å². The fraction of sp³-hybridized carbons (Fsp3) is 0.543. The molecule has 308 valence electrons. The van der Waals surface area contributed by atoms with Crippen molar-refractivity contribution in [2.75, 3.05) is 33.4 Å². The van der Waals surface area contributed by atoms with Crippen molar-refractivity contribution in [2.24, 2.45) is 23.7 Å². The minimum Gasteiger partial charge on any atom is -0.493 e. The monoisotopic (exact) mass is 786 g/mol. The van der Waals surface area contributed by atoms with Gasteiger partial charge >= 0.3 is 5.97 Å². The molecule has 3 N–H and O–H groups in total. The van der Waals surface area contributed by atoms with E-state index in [1.165, 1.54) is 24.6 Å². The molecule has 0 amide bonds. The lowest BCUT2D eigenvalue weighted by atomic mass is 9.89. The van der Waals surface area contributed by atoms with E-state index < -0.39 is 12.1 Å². The number of carboxylic acids is 1. The number of unbranched alkanes of at least 4 members (excludes halogenated alkanes) is 1. The number of piperidine rings is 1. The van der Waals surface area contributed by atoms with Gasteiger partial charge in [-0.15, -0.1) is 11.8 Å². The molecular formula is C46H59FN2O8. The maximum absolute atomic E-state index is 13.4. The summed E-state index contributed by atoms with van der Waals surface area (Å²) in [6.07, 6.45) is 13.3. The van der Waals surface area contributed by atoms with Gasteiger partial charge in [-0.05, 0) is 126 Å². The molecule has 6 rings (SSSR count). The molecule has 3 fully saturated rings. The zero-order valence-electron chi connectivity index (χ0n) is 33.8. The molecule has 2 unspecified atom stereocenters. The summed E-state index contributed by atoms with van der Waals surface area (Å²) < 4.78 is 29.9. The van der Waals surface area contributed by atoms with Crippen molar-refractivity contribution in [1.29, 1.82) is 0 Å². The number of ketones is 1. The number of ether oxygens (including phenoxy) is 2. The number of Topliss-reactive ketones (excluding diaryl/α,β-unsaturated/α-hetero) is 1. The molecule has 0 spiro atoms. The lowest BCUT2D eigenvalue weighted by Gasteiger charge is -2.31. The number of benzene rings is 2. The van der Waals surface area contributed by atoms with Crippen LogP contribution in [0, 0.1) is 41.3 Å². The quantitative estimate of drug-likeness (QED) is 0.0561. The van der Waals surface area contributed by atoms with Crippen molar-refractivity contribution in [3.63, 3.8) is 0 Å². The van der Waals surface area contributed by atoms with Gasteiger partial charge in [0.25, 0.3) is 0 Å². The standard InChI is InChI=1S/C24H27FN2O4.C22H32O4/c1-16(28)18-4-7-21(23(14-18)29-2)30-13-3-10-27-11-8-17(9-12-27)24-20-6-5-19(25)15-22(20)31-26-24;1-3-4-7-15(2)20(23)11-10-18-19-13-16(8-5-6-9-22(25)26)12-17(19)14-21(18)24/h4-7,14-15,17H,3,8-13H2,1-2H3;8,10-11,15,17-21,23-24H,5-7,9,12-14H2,1-2H3,(H,25,26)/b;11-10+,16-8+/t;15?,17-,18?,19-,20+,21+/m.0/s1. The number of nitrogens with zero attached hydrogens (tertiary/aromatic N) is 2. The molecule has 57 heavy (non-hydrogen) atoms. The first-order valence-electron chi connectivity index (χ1n) is 20.4. The first-order valence-corrected chi connectivity index (χ1v) is 20.4. The number of hydrogen-bond acceptors (Lipinski definition) is 9. The Morgan fingerprint density at radius 1 is 1.12 bits per heavy atom. The van der Waals surface area contributed by atoms with E-state index in [9.17, 15) is 24.2 Å². The second-order valence-electron chi connectivity index (χ2n) is 15.8. The van der Waals surface area contributed by atoms with Gasteiger partial charge < -0.3 is 34.2 Å². The summed E-state index contributed by atoms with van der Waals surface area (Å²) in [5.74, 6) is 7.51. The lowest BCUT2D eigenvalue weighted by Crippen LogP contribution is -2.34. The molecule has 2 aromatic carbocycles. The summed E-state index contributed by atoms with van der Waals surface area (Å²) in [5, 5.41) is 34.5. The van der Waals surface area contributed by atoms with Crippen LogP contribution >= 0.6 is 0 Å². The molecule has 6 atom stereocenters. The van der Waals surface area contributed by atoms with E-state index in [0.29, 0.717) is 59.8 Å². The Bertz CT molecular complexity index is 1920. The van der Waals surface area contributed by atoms with Gasteiger partial charge in [-0.3, -0.25) is 9.59 Å². The lowest BCUT2D eigenvalue weighted by molar-refractivity contribution is -0.137. The molecule has 2 saturated carbocycles. The van der Waals surface area contributed by atoms with Crippen LogP contribution in [0.2, 0.25) is 0 Å². The Balaban J connectivity index is 0.000000221. The third-order valence-electron chi connectivity index (χ3n) is 11.7. The molecule has 3 aliphatic rings. The fourth-order valence-corrected chi connectivity index (χ4v) is 8.45. The Hall–Kier alpha value is -4.50. The van der Waals surface area contributed by atoms with Crippen LogP contribution in [-0.2, 0) is 4.79 Å². The summed E-state index contributed by atoms with van der Waals surface area (Å²) in [6, 6.07) is 9.87. The number of allylic oxidation sites excluding steroid dienone is 2. The minimum absolute atomic E-state index is 0.000894. The predicted molar refractivity (Wildman–Crippen MR) is 218 cm³/mol. The maximum Gasteiger partial charge on any atom is 0.303 e. The van der Waals surface area contributed by atoms with E-state index >= 15 is 0 Å².